The molecule has 0 amide bonds. The SMILES string of the molecule is O=P(O)(O)O.O=P(O)(O)O.O=P(O)(O)O.O=P(O)(O)O.O=P(O)(O)O.O=P(O)(O)O.O=P(O)(O)O.O=P(O)(O)O.[KH].[KH].[KH].[KH].[KH].[KH]. The molecule has 46 heteroatoms. The van der Waals surface area contributed by atoms with Crippen LogP contribution in [0.2, 0.25) is 0 Å². The maximum atomic E-state index is 8.88. The van der Waals surface area contributed by atoms with Crippen molar-refractivity contribution in [3.63, 3.8) is 0 Å². The van der Waals surface area contributed by atoms with Gasteiger partial charge in [0.15, 0.2) is 0 Å². The minimum atomic E-state index is -4.64. The van der Waals surface area contributed by atoms with Crippen LogP contribution in [0.5, 0.6) is 0 Å². The quantitative estimate of drug-likeness (QED) is 0.0791. The van der Waals surface area contributed by atoms with Crippen LogP contribution in [-0.2, 0) is 36.5 Å². The van der Waals surface area contributed by atoms with Crippen molar-refractivity contribution in [3.05, 3.63) is 0 Å². The van der Waals surface area contributed by atoms with Gasteiger partial charge in [-0.2, -0.15) is 0 Å². The van der Waals surface area contributed by atoms with Crippen LogP contribution in [0.25, 0.3) is 0 Å². The summed E-state index contributed by atoms with van der Waals surface area (Å²) in [4.78, 5) is 172. The summed E-state index contributed by atoms with van der Waals surface area (Å²) < 4.78 is 71.1. The van der Waals surface area contributed by atoms with Crippen LogP contribution in [0.3, 0.4) is 0 Å². The second kappa shape index (κ2) is 48.4. The standard InChI is InChI=1S/6K.8H3O4P.6H/c;;;;;;8*1-5(2,3)4;;;;;;/h;;;;;;8*(H3,1,2,3,4);;;;;;. The summed E-state index contributed by atoms with van der Waals surface area (Å²) in [6, 6.07) is 0. The van der Waals surface area contributed by atoms with E-state index in [0.717, 1.165) is 0 Å². The van der Waals surface area contributed by atoms with Gasteiger partial charge in [-0.05, 0) is 0 Å². The molecule has 0 bridgehead atoms. The molecular weight excluding hydrogens is 994 g/mol. The third-order valence-corrected chi connectivity index (χ3v) is 0. The molecule has 0 spiro atoms. The zero-order chi connectivity index (χ0) is 36.0. The molecule has 0 aromatic carbocycles. The summed E-state index contributed by atoms with van der Waals surface area (Å²) in [7, 11) is -37.1. The Morgan fingerprint density at radius 2 is 0.152 bits per heavy atom. The molecule has 0 rings (SSSR count). The summed E-state index contributed by atoms with van der Waals surface area (Å²) in [5.74, 6) is 0. The van der Waals surface area contributed by atoms with E-state index in [9.17, 15) is 0 Å². The molecule has 0 aromatic rings. The molecule has 0 aliphatic carbocycles. The second-order valence-corrected chi connectivity index (χ2v) is 12.3. The van der Waals surface area contributed by atoms with E-state index in [1.54, 1.807) is 0 Å². The molecule has 0 unspecified atom stereocenters. The molecule has 0 radical (unpaired) electrons. The van der Waals surface area contributed by atoms with Crippen molar-refractivity contribution in [2.75, 3.05) is 0 Å². The zero-order valence-electron chi connectivity index (χ0n) is 17.6. The molecule has 268 valence electrons. The fourth-order valence-electron chi connectivity index (χ4n) is 0. The molecule has 0 aliphatic rings. The summed E-state index contributed by atoms with van der Waals surface area (Å²) >= 11 is 0. The molecule has 24 N–H and O–H groups in total. The summed E-state index contributed by atoms with van der Waals surface area (Å²) in [6.07, 6.45) is 0. The normalized spacial score (nSPS) is 10.3. The number of rotatable bonds is 0. The molecule has 0 aromatic heterocycles. The van der Waals surface area contributed by atoms with Gasteiger partial charge in [0, 0.05) is 0 Å². The first-order chi connectivity index (χ1) is 16.0. The van der Waals surface area contributed by atoms with Gasteiger partial charge in [0.25, 0.3) is 0 Å². The average Bonchev–Trinajstić information content (AvgIpc) is 2.16. The molecule has 0 atom stereocenters. The summed E-state index contributed by atoms with van der Waals surface area (Å²) in [5.41, 5.74) is 0. The third-order valence-electron chi connectivity index (χ3n) is 0. The van der Waals surface area contributed by atoms with Gasteiger partial charge in [-0.1, -0.05) is 0 Å². The summed E-state index contributed by atoms with van der Waals surface area (Å²) in [5, 5.41) is 0. The van der Waals surface area contributed by atoms with E-state index >= 15 is 0 Å². The van der Waals surface area contributed by atoms with Gasteiger partial charge in [0.1, 0.15) is 0 Å². The molecule has 0 saturated carbocycles. The van der Waals surface area contributed by atoms with Crippen molar-refractivity contribution in [1.29, 1.82) is 0 Å². The van der Waals surface area contributed by atoms with Gasteiger partial charge in [0.05, 0.1) is 0 Å². The van der Waals surface area contributed by atoms with Crippen LogP contribution in [0.1, 0.15) is 0 Å². The van der Waals surface area contributed by atoms with Crippen molar-refractivity contribution in [3.8, 4) is 0 Å². The van der Waals surface area contributed by atoms with Crippen molar-refractivity contribution in [2.24, 2.45) is 0 Å². The summed E-state index contributed by atoms with van der Waals surface area (Å²) in [6.45, 7) is 0. The molecule has 0 heterocycles. The van der Waals surface area contributed by atoms with Crippen LogP contribution in [0.4, 0.5) is 0 Å². The van der Waals surface area contributed by atoms with Crippen LogP contribution >= 0.6 is 62.6 Å². The Balaban J connectivity index is -0.0000000208. The first-order valence-electron chi connectivity index (χ1n) is 6.26. The third kappa shape index (κ3) is 1380. The van der Waals surface area contributed by atoms with E-state index in [4.69, 9.17) is 154 Å². The molecule has 0 aliphatic heterocycles. The Labute approximate surface area is 510 Å². The number of hydrogen-bond acceptors (Lipinski definition) is 8. The van der Waals surface area contributed by atoms with Crippen LogP contribution < -0.4 is 0 Å². The molecule has 32 nitrogen and oxygen atoms in total. The van der Waals surface area contributed by atoms with E-state index in [-0.39, 0.29) is 308 Å². The van der Waals surface area contributed by atoms with Gasteiger partial charge in [-0.25, -0.2) is 36.5 Å². The van der Waals surface area contributed by atoms with Gasteiger partial charge in [-0.3, -0.25) is 0 Å². The Kier molecular flexibility index (Phi) is 101. The van der Waals surface area contributed by atoms with E-state index in [2.05, 4.69) is 0 Å². The fourth-order valence-corrected chi connectivity index (χ4v) is 0. The Morgan fingerprint density at radius 1 is 0.152 bits per heavy atom. The van der Waals surface area contributed by atoms with Crippen molar-refractivity contribution in [2.45, 2.75) is 0 Å². The molecule has 46 heavy (non-hydrogen) atoms. The van der Waals surface area contributed by atoms with Crippen molar-refractivity contribution in [1.82, 2.24) is 0 Å². The van der Waals surface area contributed by atoms with E-state index < -0.39 is 62.6 Å². The van der Waals surface area contributed by atoms with Gasteiger partial charge in [-0.15, -0.1) is 0 Å². The maximum absolute atomic E-state index is 8.88. The second-order valence-electron chi connectivity index (χ2n) is 4.11. The molecule has 0 fully saturated rings. The first kappa shape index (κ1) is 96.5. The predicted octanol–water partition coefficient (Wildman–Crippen LogP) is -11.3. The van der Waals surface area contributed by atoms with Crippen molar-refractivity contribution >= 4 is 371 Å². The van der Waals surface area contributed by atoms with Crippen LogP contribution in [0, 0.1) is 0 Å². The monoisotopic (exact) mass is 1020 g/mol. The number of hydrogen-bond donors (Lipinski definition) is 24. The number of phosphoric acid groups is 8. The van der Waals surface area contributed by atoms with E-state index in [0.29, 0.717) is 0 Å². The van der Waals surface area contributed by atoms with E-state index in [1.165, 1.54) is 0 Å². The average molecular weight is 1020 g/mol. The van der Waals surface area contributed by atoms with Crippen LogP contribution in [-0.4, -0.2) is 426 Å². The molecule has 0 saturated heterocycles. The minimum absolute atomic E-state index is 0. The molecular formula is H30K6O32P8. The van der Waals surface area contributed by atoms with Crippen molar-refractivity contribution < 1.29 is 154 Å². The Morgan fingerprint density at radius 3 is 0.152 bits per heavy atom. The van der Waals surface area contributed by atoms with Gasteiger partial charge in [0.2, 0.25) is 0 Å². The van der Waals surface area contributed by atoms with E-state index in [1.807, 2.05) is 0 Å². The Hall–Kier alpha value is 10.7. The van der Waals surface area contributed by atoms with Gasteiger partial charge < -0.3 is 117 Å². The first-order valence-corrected chi connectivity index (χ1v) is 18.8. The zero-order valence-corrected chi connectivity index (χ0v) is 24.7. The Bertz CT molecular complexity index is 664. The van der Waals surface area contributed by atoms with Crippen LogP contribution in [0.15, 0.2) is 0 Å². The topological polar surface area (TPSA) is 622 Å². The predicted molar refractivity (Wildman–Crippen MR) is 157 cm³/mol. The fraction of sp³-hybridized carbons (Fsp3) is 0. The van der Waals surface area contributed by atoms with Gasteiger partial charge >= 0.3 is 371 Å².